The number of piperidine rings is 3. The minimum Gasteiger partial charge on any atom is -0.337 e. The zero-order valence-electron chi connectivity index (χ0n) is 16.7. The maximum atomic E-state index is 13.5. The van der Waals surface area contributed by atoms with Crippen LogP contribution in [-0.4, -0.2) is 48.6 Å². The third kappa shape index (κ3) is 3.52. The van der Waals surface area contributed by atoms with Crippen molar-refractivity contribution in [2.24, 2.45) is 5.41 Å². The average molecular weight is 394 g/mol. The van der Waals surface area contributed by atoms with E-state index in [1.807, 2.05) is 17.0 Å². The van der Waals surface area contributed by atoms with Crippen molar-refractivity contribution in [3.63, 3.8) is 0 Å². The molecule has 3 fully saturated rings. The van der Waals surface area contributed by atoms with Crippen molar-refractivity contribution in [3.05, 3.63) is 71.0 Å². The van der Waals surface area contributed by atoms with Gasteiger partial charge in [0.25, 0.3) is 0 Å². The average Bonchev–Trinajstić information content (AvgIpc) is 2.79. The van der Waals surface area contributed by atoms with Gasteiger partial charge in [-0.2, -0.15) is 0 Å². The lowest BCUT2D eigenvalue weighted by Crippen LogP contribution is -2.54. The molecule has 1 atom stereocenters. The second-order valence-electron chi connectivity index (χ2n) is 8.85. The summed E-state index contributed by atoms with van der Waals surface area (Å²) < 4.78 is 13.5. The number of nitrogens with one attached hydrogen (secondary N) is 1. The normalized spacial score (nSPS) is 28.1. The highest BCUT2D eigenvalue weighted by Crippen LogP contribution is 2.40. The van der Waals surface area contributed by atoms with Gasteiger partial charge in [-0.1, -0.05) is 36.4 Å². The highest BCUT2D eigenvalue weighted by atomic mass is 19.1. The Hall–Kier alpha value is -2.40. The van der Waals surface area contributed by atoms with E-state index < -0.39 is 0 Å². The number of carbonyl (C=O) groups is 1. The van der Waals surface area contributed by atoms with E-state index in [1.165, 1.54) is 37.0 Å². The monoisotopic (exact) mass is 393 g/mol. The van der Waals surface area contributed by atoms with E-state index in [0.717, 1.165) is 43.7 Å². The fourth-order valence-corrected chi connectivity index (χ4v) is 5.32. The van der Waals surface area contributed by atoms with Gasteiger partial charge in [0.05, 0.1) is 6.04 Å². The highest BCUT2D eigenvalue weighted by molar-refractivity contribution is 5.76. The largest absolute Gasteiger partial charge is 0.337 e. The van der Waals surface area contributed by atoms with Gasteiger partial charge in [0, 0.05) is 13.1 Å². The molecule has 5 heteroatoms. The van der Waals surface area contributed by atoms with E-state index in [0.29, 0.717) is 6.54 Å². The molecule has 4 nitrogen and oxygen atoms in total. The molecule has 0 spiro atoms. The molecular formula is C24H28FN3O. The molecule has 0 saturated carbocycles. The first kappa shape index (κ1) is 18.6. The van der Waals surface area contributed by atoms with Gasteiger partial charge in [-0.15, -0.1) is 0 Å². The third-order valence-corrected chi connectivity index (χ3v) is 7.22. The summed E-state index contributed by atoms with van der Waals surface area (Å²) in [6.45, 7) is 4.90. The second kappa shape index (κ2) is 7.45. The zero-order valence-corrected chi connectivity index (χ0v) is 16.7. The first-order valence-electron chi connectivity index (χ1n) is 10.7. The van der Waals surface area contributed by atoms with E-state index in [2.05, 4.69) is 22.3 Å². The zero-order chi connectivity index (χ0) is 19.8. The molecule has 3 saturated heterocycles. The highest BCUT2D eigenvalue weighted by Gasteiger charge is 2.40. The molecule has 29 heavy (non-hydrogen) atoms. The molecule has 1 N–H and O–H groups in total. The summed E-state index contributed by atoms with van der Waals surface area (Å²) in [6, 6.07) is 14.7. The van der Waals surface area contributed by atoms with Crippen LogP contribution in [0.25, 0.3) is 0 Å². The summed E-state index contributed by atoms with van der Waals surface area (Å²) in [7, 11) is 0. The van der Waals surface area contributed by atoms with Crippen molar-refractivity contribution < 1.29 is 9.18 Å². The number of nitrogens with zero attached hydrogens (tertiary/aromatic N) is 2. The first-order valence-corrected chi connectivity index (χ1v) is 10.7. The Morgan fingerprint density at radius 3 is 2.41 bits per heavy atom. The van der Waals surface area contributed by atoms with Gasteiger partial charge in [-0.25, -0.2) is 9.18 Å². The summed E-state index contributed by atoms with van der Waals surface area (Å²) in [4.78, 5) is 17.8. The van der Waals surface area contributed by atoms with E-state index in [1.54, 1.807) is 12.1 Å². The lowest BCUT2D eigenvalue weighted by atomic mass is 9.72. The van der Waals surface area contributed by atoms with E-state index >= 15 is 0 Å². The van der Waals surface area contributed by atoms with E-state index in [4.69, 9.17) is 0 Å². The van der Waals surface area contributed by atoms with Gasteiger partial charge in [-0.05, 0) is 79.6 Å². The molecule has 152 valence electrons. The number of fused-ring (bicyclic) bond motifs is 4. The van der Waals surface area contributed by atoms with Crippen molar-refractivity contribution in [1.82, 2.24) is 15.1 Å². The number of urea groups is 1. The van der Waals surface area contributed by atoms with Crippen LogP contribution < -0.4 is 5.32 Å². The molecule has 4 aliphatic heterocycles. The van der Waals surface area contributed by atoms with Gasteiger partial charge >= 0.3 is 6.03 Å². The summed E-state index contributed by atoms with van der Waals surface area (Å²) in [5, 5.41) is 3.27. The quantitative estimate of drug-likeness (QED) is 0.857. The number of amides is 2. The Morgan fingerprint density at radius 1 is 1.00 bits per heavy atom. The second-order valence-corrected chi connectivity index (χ2v) is 8.85. The van der Waals surface area contributed by atoms with Crippen LogP contribution in [0.5, 0.6) is 0 Å². The summed E-state index contributed by atoms with van der Waals surface area (Å²) in [5.74, 6) is -0.253. The molecule has 2 bridgehead atoms. The molecule has 0 radical (unpaired) electrons. The molecule has 4 heterocycles. The predicted molar refractivity (Wildman–Crippen MR) is 111 cm³/mol. The molecule has 0 unspecified atom stereocenters. The fourth-order valence-electron chi connectivity index (χ4n) is 5.32. The maximum Gasteiger partial charge on any atom is 0.318 e. The summed E-state index contributed by atoms with van der Waals surface area (Å²) in [5.41, 5.74) is 3.63. The fraction of sp³-hybridized carbons (Fsp3) is 0.458. The molecule has 4 aliphatic rings. The standard InChI is InChI=1S/C24H28FN3O/c25-20-7-5-19(6-8-20)22-21-4-2-1-3-18(21)9-13-28(22)23(29)26-17-24-10-14-27(15-11-24)16-12-24/h1-8,22H,9-17H2,(H,26,29)/t22-/m0/s1. The van der Waals surface area contributed by atoms with Crippen LogP contribution in [0.1, 0.15) is 42.0 Å². The number of halogens is 1. The van der Waals surface area contributed by atoms with Crippen LogP contribution >= 0.6 is 0 Å². The minimum absolute atomic E-state index is 0.00351. The Labute approximate surface area is 171 Å². The number of hydrogen-bond donors (Lipinski definition) is 1. The summed E-state index contributed by atoms with van der Waals surface area (Å²) in [6.07, 6.45) is 4.38. The maximum absolute atomic E-state index is 13.5. The molecule has 2 aromatic carbocycles. The van der Waals surface area contributed by atoms with Crippen LogP contribution in [-0.2, 0) is 6.42 Å². The van der Waals surface area contributed by atoms with Gasteiger partial charge < -0.3 is 15.1 Å². The SMILES string of the molecule is O=C(NCC12CCN(CC1)CC2)N1CCc2ccccc2[C@@H]1c1ccc(F)cc1. The third-order valence-electron chi connectivity index (χ3n) is 7.22. The lowest BCUT2D eigenvalue weighted by Gasteiger charge is -2.48. The van der Waals surface area contributed by atoms with Gasteiger partial charge in [0.2, 0.25) is 0 Å². The van der Waals surface area contributed by atoms with Crippen molar-refractivity contribution in [2.45, 2.75) is 31.7 Å². The van der Waals surface area contributed by atoms with Crippen molar-refractivity contribution in [1.29, 1.82) is 0 Å². The molecule has 2 amide bonds. The lowest BCUT2D eigenvalue weighted by molar-refractivity contribution is 0.0272. The minimum atomic E-state index is -0.253. The number of hydrogen-bond acceptors (Lipinski definition) is 2. The van der Waals surface area contributed by atoms with Crippen molar-refractivity contribution >= 4 is 6.03 Å². The number of rotatable bonds is 3. The Morgan fingerprint density at radius 2 is 1.69 bits per heavy atom. The molecule has 0 aromatic heterocycles. The van der Waals surface area contributed by atoms with Gasteiger partial charge in [0.1, 0.15) is 5.82 Å². The molecule has 2 aromatic rings. The topological polar surface area (TPSA) is 35.6 Å². The van der Waals surface area contributed by atoms with E-state index in [-0.39, 0.29) is 23.3 Å². The number of carbonyl (C=O) groups excluding carboxylic acids is 1. The van der Waals surface area contributed by atoms with Gasteiger partial charge in [-0.3, -0.25) is 0 Å². The summed E-state index contributed by atoms with van der Waals surface area (Å²) >= 11 is 0. The molecular weight excluding hydrogens is 365 g/mol. The first-order chi connectivity index (χ1) is 14.1. The Kier molecular flexibility index (Phi) is 4.78. The predicted octanol–water partition coefficient (Wildman–Crippen LogP) is 3.97. The van der Waals surface area contributed by atoms with Crippen LogP contribution in [0, 0.1) is 11.2 Å². The van der Waals surface area contributed by atoms with Crippen LogP contribution in [0.4, 0.5) is 9.18 Å². The van der Waals surface area contributed by atoms with Crippen LogP contribution in [0.3, 0.4) is 0 Å². The van der Waals surface area contributed by atoms with Crippen molar-refractivity contribution in [2.75, 3.05) is 32.7 Å². The molecule has 6 rings (SSSR count). The van der Waals surface area contributed by atoms with Crippen LogP contribution in [0.15, 0.2) is 48.5 Å². The number of benzene rings is 2. The van der Waals surface area contributed by atoms with Gasteiger partial charge in [0.15, 0.2) is 0 Å². The smallest absolute Gasteiger partial charge is 0.318 e. The van der Waals surface area contributed by atoms with E-state index in [9.17, 15) is 9.18 Å². The Bertz CT molecular complexity index is 875. The Balaban J connectivity index is 1.38. The van der Waals surface area contributed by atoms with Crippen LogP contribution in [0.2, 0.25) is 0 Å². The molecule has 0 aliphatic carbocycles. The van der Waals surface area contributed by atoms with Crippen molar-refractivity contribution in [3.8, 4) is 0 Å².